The summed E-state index contributed by atoms with van der Waals surface area (Å²) in [5.41, 5.74) is 0. The molecule has 0 aromatic carbocycles. The van der Waals surface area contributed by atoms with Gasteiger partial charge >= 0.3 is 5.97 Å². The first kappa shape index (κ1) is 7.76. The lowest BCUT2D eigenvalue weighted by atomic mass is 9.80. The lowest BCUT2D eigenvalue weighted by Gasteiger charge is -2.23. The highest BCUT2D eigenvalue weighted by molar-refractivity contribution is 5.76. The zero-order valence-corrected chi connectivity index (χ0v) is 7.09. The predicted octanol–water partition coefficient (Wildman–Crippen LogP) is -0.853. The van der Waals surface area contributed by atoms with E-state index in [0.29, 0.717) is 13.0 Å². The molecule has 0 amide bonds. The van der Waals surface area contributed by atoms with Crippen LogP contribution >= 0.6 is 0 Å². The highest BCUT2D eigenvalue weighted by Gasteiger charge is 2.63. The van der Waals surface area contributed by atoms with E-state index in [1.165, 1.54) is 0 Å². The zero-order chi connectivity index (χ0) is 9.16. The molecule has 1 saturated heterocycles. The number of carbonyl (C=O) groups is 1. The van der Waals surface area contributed by atoms with E-state index >= 15 is 0 Å². The number of fused-ring (bicyclic) bond motifs is 5. The molecular weight excluding hydrogens is 172 g/mol. The Morgan fingerprint density at radius 2 is 2.08 bits per heavy atom. The normalized spacial score (nSPS) is 58.2. The molecule has 13 heavy (non-hydrogen) atoms. The molecule has 2 bridgehead atoms. The highest BCUT2D eigenvalue weighted by atomic mass is 16.5. The average molecular weight is 184 g/mol. The molecule has 0 unspecified atom stereocenters. The molecule has 3 fully saturated rings. The first-order chi connectivity index (χ1) is 6.20. The summed E-state index contributed by atoms with van der Waals surface area (Å²) < 4.78 is 4.94. The van der Waals surface area contributed by atoms with E-state index in [0.717, 1.165) is 0 Å². The van der Waals surface area contributed by atoms with Gasteiger partial charge in [0, 0.05) is 17.8 Å². The Bertz CT molecular complexity index is 262. The summed E-state index contributed by atoms with van der Waals surface area (Å²) in [4.78, 5) is 11.3. The first-order valence-electron chi connectivity index (χ1n) is 4.73. The van der Waals surface area contributed by atoms with E-state index in [9.17, 15) is 15.0 Å². The van der Waals surface area contributed by atoms with Gasteiger partial charge in [-0.15, -0.1) is 0 Å². The third kappa shape index (κ3) is 0.758. The van der Waals surface area contributed by atoms with E-state index in [4.69, 9.17) is 4.74 Å². The number of aliphatic hydroxyl groups is 2. The van der Waals surface area contributed by atoms with Gasteiger partial charge < -0.3 is 14.9 Å². The van der Waals surface area contributed by atoms with Crippen molar-refractivity contribution in [3.63, 3.8) is 0 Å². The molecule has 2 saturated carbocycles. The number of hydrogen-bond donors (Lipinski definition) is 2. The lowest BCUT2D eigenvalue weighted by Crippen LogP contribution is -2.31. The van der Waals surface area contributed by atoms with Crippen molar-refractivity contribution in [1.29, 1.82) is 0 Å². The molecule has 6 atom stereocenters. The molecule has 3 rings (SSSR count). The van der Waals surface area contributed by atoms with E-state index in [2.05, 4.69) is 0 Å². The molecule has 4 heteroatoms. The lowest BCUT2D eigenvalue weighted by molar-refractivity contribution is -0.143. The van der Waals surface area contributed by atoms with Gasteiger partial charge in [-0.25, -0.2) is 0 Å². The summed E-state index contributed by atoms with van der Waals surface area (Å²) in [6.07, 6.45) is -0.365. The van der Waals surface area contributed by atoms with Crippen LogP contribution in [0.3, 0.4) is 0 Å². The van der Waals surface area contributed by atoms with Gasteiger partial charge in [-0.1, -0.05) is 0 Å². The van der Waals surface area contributed by atoms with E-state index in [-0.39, 0.29) is 29.6 Å². The van der Waals surface area contributed by atoms with Crippen molar-refractivity contribution >= 4 is 5.97 Å². The van der Waals surface area contributed by atoms with Crippen LogP contribution in [0.25, 0.3) is 0 Å². The number of rotatable bonds is 0. The topological polar surface area (TPSA) is 66.8 Å². The fourth-order valence-electron chi connectivity index (χ4n) is 3.38. The van der Waals surface area contributed by atoms with Gasteiger partial charge in [0.1, 0.15) is 0 Å². The summed E-state index contributed by atoms with van der Waals surface area (Å²) in [6.45, 7) is 0.388. The molecule has 4 nitrogen and oxygen atoms in total. The smallest absolute Gasteiger partial charge is 0.309 e. The van der Waals surface area contributed by atoms with Crippen LogP contribution in [0.15, 0.2) is 0 Å². The maximum atomic E-state index is 11.3. The minimum Gasteiger partial charge on any atom is -0.465 e. The van der Waals surface area contributed by atoms with Gasteiger partial charge in [-0.05, 0) is 6.42 Å². The van der Waals surface area contributed by atoms with Gasteiger partial charge in [0.15, 0.2) is 0 Å². The Labute approximate surface area is 75.5 Å². The predicted molar refractivity (Wildman–Crippen MR) is 41.5 cm³/mol. The summed E-state index contributed by atoms with van der Waals surface area (Å²) in [6, 6.07) is 0. The summed E-state index contributed by atoms with van der Waals surface area (Å²) in [5.74, 6) is -0.426. The second kappa shape index (κ2) is 2.25. The fraction of sp³-hybridized carbons (Fsp3) is 0.889. The molecule has 0 radical (unpaired) electrons. The Morgan fingerprint density at radius 3 is 2.85 bits per heavy atom. The van der Waals surface area contributed by atoms with Gasteiger partial charge in [-0.3, -0.25) is 4.79 Å². The summed E-state index contributed by atoms with van der Waals surface area (Å²) >= 11 is 0. The van der Waals surface area contributed by atoms with Crippen LogP contribution in [-0.4, -0.2) is 35.0 Å². The van der Waals surface area contributed by atoms with Gasteiger partial charge in [-0.2, -0.15) is 0 Å². The van der Waals surface area contributed by atoms with Crippen molar-refractivity contribution in [2.24, 2.45) is 23.7 Å². The summed E-state index contributed by atoms with van der Waals surface area (Å²) in [7, 11) is 0. The van der Waals surface area contributed by atoms with Crippen molar-refractivity contribution in [3.8, 4) is 0 Å². The van der Waals surface area contributed by atoms with Crippen LogP contribution in [0.5, 0.6) is 0 Å². The average Bonchev–Trinajstić information content (AvgIpc) is 2.64. The molecule has 72 valence electrons. The van der Waals surface area contributed by atoms with Crippen molar-refractivity contribution in [1.82, 2.24) is 0 Å². The van der Waals surface area contributed by atoms with Gasteiger partial charge in [0.2, 0.25) is 0 Å². The second-order valence-electron chi connectivity index (χ2n) is 4.35. The van der Waals surface area contributed by atoms with Crippen molar-refractivity contribution in [2.75, 3.05) is 6.61 Å². The Morgan fingerprint density at radius 1 is 1.31 bits per heavy atom. The first-order valence-corrected chi connectivity index (χ1v) is 4.73. The second-order valence-corrected chi connectivity index (χ2v) is 4.35. The summed E-state index contributed by atoms with van der Waals surface area (Å²) in [5, 5.41) is 19.4. The number of hydrogen-bond acceptors (Lipinski definition) is 4. The van der Waals surface area contributed by atoms with Gasteiger partial charge in [0.05, 0.1) is 24.7 Å². The van der Waals surface area contributed by atoms with Crippen molar-refractivity contribution in [3.05, 3.63) is 0 Å². The Kier molecular flexibility index (Phi) is 1.34. The molecular formula is C9H12O4. The van der Waals surface area contributed by atoms with E-state index in [1.54, 1.807) is 0 Å². The van der Waals surface area contributed by atoms with E-state index < -0.39 is 12.2 Å². The van der Waals surface area contributed by atoms with Crippen LogP contribution in [0.2, 0.25) is 0 Å². The minimum atomic E-state index is -0.488. The largest absolute Gasteiger partial charge is 0.465 e. The van der Waals surface area contributed by atoms with Crippen LogP contribution in [-0.2, 0) is 9.53 Å². The van der Waals surface area contributed by atoms with Crippen LogP contribution in [0.1, 0.15) is 6.42 Å². The zero-order valence-electron chi connectivity index (χ0n) is 7.09. The monoisotopic (exact) mass is 184 g/mol. The molecule has 3 aliphatic rings. The van der Waals surface area contributed by atoms with Crippen LogP contribution < -0.4 is 0 Å². The quantitative estimate of drug-likeness (QED) is 0.481. The standard InChI is InChI=1S/C9H12O4/c10-5-1-3-6-4(2-13-9(6)12)7(5)8(3)11/h3-8,10-11H,1-2H2/t3-,4+,5+,6-,7+,8+/m0/s1. The molecule has 0 aromatic heterocycles. The number of cyclic esters (lactones) is 1. The van der Waals surface area contributed by atoms with E-state index in [1.807, 2.05) is 0 Å². The maximum Gasteiger partial charge on any atom is 0.309 e. The minimum absolute atomic E-state index is 0.0556. The van der Waals surface area contributed by atoms with Crippen LogP contribution in [0, 0.1) is 23.7 Å². The Hall–Kier alpha value is -0.610. The molecule has 1 aliphatic heterocycles. The van der Waals surface area contributed by atoms with Gasteiger partial charge in [0.25, 0.3) is 0 Å². The van der Waals surface area contributed by atoms with Crippen molar-refractivity contribution < 1.29 is 19.7 Å². The fourth-order valence-corrected chi connectivity index (χ4v) is 3.38. The number of carbonyl (C=O) groups excluding carboxylic acids is 1. The Balaban J connectivity index is 1.98. The number of aliphatic hydroxyl groups excluding tert-OH is 2. The molecule has 2 N–H and O–H groups in total. The number of esters is 1. The molecule has 0 spiro atoms. The maximum absolute atomic E-state index is 11.3. The number of ether oxygens (including phenoxy) is 1. The highest BCUT2D eigenvalue weighted by Crippen LogP contribution is 2.55. The van der Waals surface area contributed by atoms with Crippen LogP contribution in [0.4, 0.5) is 0 Å². The SMILES string of the molecule is O=C1OC[C@@H]2[C@@H]1[C@@H]1C[C@@H](O)[C@@H]2[C@@H]1O. The van der Waals surface area contributed by atoms with Crippen molar-refractivity contribution in [2.45, 2.75) is 18.6 Å². The third-order valence-corrected chi connectivity index (χ3v) is 3.90. The molecule has 0 aromatic rings. The third-order valence-electron chi connectivity index (χ3n) is 3.90. The molecule has 1 heterocycles. The molecule has 2 aliphatic carbocycles.